The Bertz CT molecular complexity index is 1090. The molecule has 5 nitrogen and oxygen atoms in total. The lowest BCUT2D eigenvalue weighted by atomic mass is 10.1. The molecule has 0 spiro atoms. The number of hydrogen-bond acceptors (Lipinski definition) is 5. The normalized spacial score (nSPS) is 10.8. The van der Waals surface area contributed by atoms with Gasteiger partial charge in [-0.3, -0.25) is 4.98 Å². The summed E-state index contributed by atoms with van der Waals surface area (Å²) in [6.07, 6.45) is 3.53. The van der Waals surface area contributed by atoms with Gasteiger partial charge in [0.2, 0.25) is 5.95 Å². The molecule has 134 valence electrons. The van der Waals surface area contributed by atoms with Gasteiger partial charge in [-0.2, -0.15) is 4.98 Å². The van der Waals surface area contributed by atoms with E-state index in [2.05, 4.69) is 58.5 Å². The Morgan fingerprint density at radius 1 is 0.778 bits per heavy atom. The van der Waals surface area contributed by atoms with E-state index in [1.54, 1.807) is 12.4 Å². The van der Waals surface area contributed by atoms with Crippen LogP contribution in [0.15, 0.2) is 60.9 Å². The molecule has 0 atom stereocenters. The zero-order valence-electron chi connectivity index (χ0n) is 15.6. The van der Waals surface area contributed by atoms with Gasteiger partial charge in [-0.25, -0.2) is 4.98 Å². The number of hydrogen-bond donors (Lipinski definition) is 2. The molecular weight excluding hydrogens is 334 g/mol. The molecule has 0 aliphatic heterocycles. The van der Waals surface area contributed by atoms with Gasteiger partial charge >= 0.3 is 0 Å². The minimum absolute atomic E-state index is 0.528. The van der Waals surface area contributed by atoms with Crippen molar-refractivity contribution in [2.45, 2.75) is 20.8 Å². The maximum Gasteiger partial charge on any atom is 0.229 e. The first-order valence-electron chi connectivity index (χ1n) is 8.89. The minimum atomic E-state index is 0.528. The van der Waals surface area contributed by atoms with E-state index in [4.69, 9.17) is 0 Å². The van der Waals surface area contributed by atoms with E-state index in [9.17, 15) is 0 Å². The smallest absolute Gasteiger partial charge is 0.229 e. The summed E-state index contributed by atoms with van der Waals surface area (Å²) in [7, 11) is 0. The van der Waals surface area contributed by atoms with Crippen LogP contribution in [0.5, 0.6) is 0 Å². The third-order valence-corrected chi connectivity index (χ3v) is 4.46. The Hall–Kier alpha value is -3.47. The second kappa shape index (κ2) is 7.03. The van der Waals surface area contributed by atoms with Gasteiger partial charge in [0.1, 0.15) is 5.82 Å². The molecular formula is C22H21N5. The van der Waals surface area contributed by atoms with Crippen LogP contribution in [0.2, 0.25) is 0 Å². The zero-order chi connectivity index (χ0) is 18.8. The van der Waals surface area contributed by atoms with Gasteiger partial charge in [-0.15, -0.1) is 0 Å². The maximum atomic E-state index is 4.61. The highest BCUT2D eigenvalue weighted by atomic mass is 15.1. The van der Waals surface area contributed by atoms with E-state index in [-0.39, 0.29) is 0 Å². The van der Waals surface area contributed by atoms with Gasteiger partial charge in [-0.05, 0) is 50.1 Å². The third kappa shape index (κ3) is 3.58. The van der Waals surface area contributed by atoms with Crippen LogP contribution < -0.4 is 10.6 Å². The summed E-state index contributed by atoms with van der Waals surface area (Å²) in [4.78, 5) is 13.4. The highest BCUT2D eigenvalue weighted by Gasteiger charge is 2.08. The Morgan fingerprint density at radius 2 is 1.56 bits per heavy atom. The average Bonchev–Trinajstić information content (AvgIpc) is 2.65. The van der Waals surface area contributed by atoms with Crippen LogP contribution >= 0.6 is 0 Å². The molecule has 0 aliphatic rings. The topological polar surface area (TPSA) is 62.7 Å². The molecule has 2 aromatic carbocycles. The molecule has 0 unspecified atom stereocenters. The number of nitrogens with one attached hydrogen (secondary N) is 2. The second-order valence-electron chi connectivity index (χ2n) is 6.67. The van der Waals surface area contributed by atoms with Crippen LogP contribution in [0.25, 0.3) is 10.9 Å². The Labute approximate surface area is 158 Å². The Kier molecular flexibility index (Phi) is 4.42. The molecule has 27 heavy (non-hydrogen) atoms. The highest BCUT2D eigenvalue weighted by Crippen LogP contribution is 2.26. The minimum Gasteiger partial charge on any atom is -0.340 e. The summed E-state index contributed by atoms with van der Waals surface area (Å²) in [5, 5.41) is 7.78. The van der Waals surface area contributed by atoms with E-state index in [1.165, 1.54) is 16.7 Å². The maximum absolute atomic E-state index is 4.61. The van der Waals surface area contributed by atoms with Crippen molar-refractivity contribution in [1.82, 2.24) is 15.0 Å². The molecule has 2 aromatic heterocycles. The van der Waals surface area contributed by atoms with Gasteiger partial charge in [0.25, 0.3) is 0 Å². The van der Waals surface area contributed by atoms with Crippen molar-refractivity contribution in [3.8, 4) is 0 Å². The lowest BCUT2D eigenvalue weighted by molar-refractivity contribution is 1.16. The second-order valence-corrected chi connectivity index (χ2v) is 6.67. The van der Waals surface area contributed by atoms with Crippen LogP contribution in [-0.4, -0.2) is 15.0 Å². The summed E-state index contributed by atoms with van der Waals surface area (Å²) in [6.45, 7) is 6.31. The lowest BCUT2D eigenvalue weighted by Crippen LogP contribution is -2.03. The number of para-hydroxylation sites is 1. The number of aryl methyl sites for hydroxylation is 3. The monoisotopic (exact) mass is 355 g/mol. The van der Waals surface area contributed by atoms with Crippen LogP contribution in [-0.2, 0) is 0 Å². The molecule has 0 aliphatic carbocycles. The van der Waals surface area contributed by atoms with Gasteiger partial charge in [0.05, 0.1) is 11.2 Å². The van der Waals surface area contributed by atoms with Crippen LogP contribution in [0.4, 0.5) is 23.1 Å². The van der Waals surface area contributed by atoms with Crippen LogP contribution in [0, 0.1) is 20.8 Å². The van der Waals surface area contributed by atoms with Crippen LogP contribution in [0.3, 0.4) is 0 Å². The molecule has 4 aromatic rings. The van der Waals surface area contributed by atoms with Crippen molar-refractivity contribution in [1.29, 1.82) is 0 Å². The quantitative estimate of drug-likeness (QED) is 0.510. The largest absolute Gasteiger partial charge is 0.340 e. The molecule has 0 saturated carbocycles. The van der Waals surface area contributed by atoms with Crippen molar-refractivity contribution in [2.24, 2.45) is 0 Å². The Balaban J connectivity index is 1.63. The molecule has 4 rings (SSSR count). The van der Waals surface area contributed by atoms with Crippen molar-refractivity contribution in [3.05, 3.63) is 77.6 Å². The predicted octanol–water partition coefficient (Wildman–Crippen LogP) is 5.44. The molecule has 0 bridgehead atoms. The zero-order valence-corrected chi connectivity index (χ0v) is 15.6. The molecule has 2 heterocycles. The first-order valence-corrected chi connectivity index (χ1v) is 8.89. The number of fused-ring (bicyclic) bond motifs is 1. The number of anilines is 4. The first kappa shape index (κ1) is 17.0. The van der Waals surface area contributed by atoms with Crippen molar-refractivity contribution in [3.63, 3.8) is 0 Å². The molecule has 2 N–H and O–H groups in total. The number of pyridine rings is 1. The van der Waals surface area contributed by atoms with E-state index in [0.717, 1.165) is 28.1 Å². The van der Waals surface area contributed by atoms with Crippen molar-refractivity contribution in [2.75, 3.05) is 10.6 Å². The van der Waals surface area contributed by atoms with E-state index >= 15 is 0 Å². The summed E-state index contributed by atoms with van der Waals surface area (Å²) in [5.74, 6) is 1.27. The van der Waals surface area contributed by atoms with Gasteiger partial charge < -0.3 is 10.6 Å². The average molecular weight is 355 g/mol. The van der Waals surface area contributed by atoms with Crippen molar-refractivity contribution < 1.29 is 0 Å². The SMILES string of the molecule is Cc1cc(C)c(Nc2ccnc(Nc3cccc4cccnc34)n2)c(C)c1. The van der Waals surface area contributed by atoms with Crippen molar-refractivity contribution >= 4 is 34.0 Å². The fraction of sp³-hybridized carbons (Fsp3) is 0.136. The summed E-state index contributed by atoms with van der Waals surface area (Å²) >= 11 is 0. The fourth-order valence-corrected chi connectivity index (χ4v) is 3.32. The third-order valence-electron chi connectivity index (χ3n) is 4.46. The van der Waals surface area contributed by atoms with E-state index in [0.29, 0.717) is 5.95 Å². The van der Waals surface area contributed by atoms with Crippen LogP contribution in [0.1, 0.15) is 16.7 Å². The molecule has 0 saturated heterocycles. The lowest BCUT2D eigenvalue weighted by Gasteiger charge is -2.14. The number of rotatable bonds is 4. The van der Waals surface area contributed by atoms with E-state index in [1.807, 2.05) is 36.4 Å². The highest BCUT2D eigenvalue weighted by molar-refractivity contribution is 5.91. The molecule has 5 heteroatoms. The summed E-state index contributed by atoms with van der Waals surface area (Å²) in [5.41, 5.74) is 6.50. The summed E-state index contributed by atoms with van der Waals surface area (Å²) in [6, 6.07) is 16.2. The standard InChI is InChI=1S/C22H21N5/c1-14-12-15(2)20(16(3)13-14)26-19-9-11-24-22(27-19)25-18-8-4-6-17-7-5-10-23-21(17)18/h4-13H,1-3H3,(H2,24,25,26,27). The fourth-order valence-electron chi connectivity index (χ4n) is 3.32. The first-order chi connectivity index (χ1) is 13.1. The Morgan fingerprint density at radius 3 is 2.37 bits per heavy atom. The van der Waals surface area contributed by atoms with Gasteiger partial charge in [0.15, 0.2) is 0 Å². The summed E-state index contributed by atoms with van der Waals surface area (Å²) < 4.78 is 0. The number of benzene rings is 2. The molecule has 0 fully saturated rings. The molecule has 0 radical (unpaired) electrons. The number of aromatic nitrogens is 3. The van der Waals surface area contributed by atoms with E-state index < -0.39 is 0 Å². The van der Waals surface area contributed by atoms with Gasteiger partial charge in [-0.1, -0.05) is 35.9 Å². The molecule has 0 amide bonds. The number of nitrogens with zero attached hydrogens (tertiary/aromatic N) is 3. The predicted molar refractivity (Wildman–Crippen MR) is 111 cm³/mol. The van der Waals surface area contributed by atoms with Gasteiger partial charge in [0, 0.05) is 23.5 Å².